The third-order valence-electron chi connectivity index (χ3n) is 6.06. The Morgan fingerprint density at radius 1 is 1.11 bits per heavy atom. The number of hydrogen-bond donors (Lipinski definition) is 1. The lowest BCUT2D eigenvalue weighted by Gasteiger charge is -2.17. The first-order valence-electron chi connectivity index (χ1n) is 9.75. The molecule has 0 amide bonds. The maximum absolute atomic E-state index is 6.13. The lowest BCUT2D eigenvalue weighted by molar-refractivity contribution is 0.200. The second kappa shape index (κ2) is 5.94. The first kappa shape index (κ1) is 16.5. The third kappa shape index (κ3) is 3.03. The van der Waals surface area contributed by atoms with E-state index in [1.54, 1.807) is 6.33 Å². The van der Waals surface area contributed by atoms with Crippen molar-refractivity contribution >= 4 is 16.7 Å². The first-order chi connectivity index (χ1) is 13.0. The lowest BCUT2D eigenvalue weighted by atomic mass is 10.0. The molecule has 140 valence electrons. The molecule has 0 spiro atoms. The molecule has 1 aliphatic heterocycles. The van der Waals surface area contributed by atoms with Gasteiger partial charge >= 0.3 is 0 Å². The van der Waals surface area contributed by atoms with E-state index in [9.17, 15) is 0 Å². The molecule has 2 atom stereocenters. The van der Waals surface area contributed by atoms with E-state index in [0.717, 1.165) is 59.8 Å². The molecule has 0 bridgehead atoms. The molecular weight excluding hydrogens is 338 g/mol. The van der Waals surface area contributed by atoms with Crippen LogP contribution in [0.25, 0.3) is 22.3 Å². The average molecular weight is 363 g/mol. The van der Waals surface area contributed by atoms with Crippen LogP contribution in [0.4, 0.5) is 5.82 Å². The number of nitrogens with zero attached hydrogens (tertiary/aromatic N) is 4. The molecular formula is C21H25N5O. The van der Waals surface area contributed by atoms with E-state index in [1.807, 2.05) is 12.1 Å². The van der Waals surface area contributed by atoms with Crippen molar-refractivity contribution in [1.29, 1.82) is 0 Å². The average Bonchev–Trinajstić information content (AvgIpc) is 3.09. The van der Waals surface area contributed by atoms with Gasteiger partial charge in [0.15, 0.2) is 0 Å². The standard InChI is InChI=1S/C21H25N5O/c1-13-10-26(11-14(13)2)19-9-18(22-12-23-19)20-16-8-15(27-21(3)6-7-21)4-5-17(16)24-25-20/h4-5,8-9,12-14H,6-7,10-11H2,1-3H3,(H,24,25). The summed E-state index contributed by atoms with van der Waals surface area (Å²) < 4.78 is 6.13. The van der Waals surface area contributed by atoms with Gasteiger partial charge in [-0.15, -0.1) is 0 Å². The SMILES string of the molecule is CC1CN(c2cc(-c3n[nH]c4ccc(OC5(C)CC5)cc34)ncn2)CC1C. The van der Waals surface area contributed by atoms with Gasteiger partial charge < -0.3 is 9.64 Å². The molecule has 2 aromatic heterocycles. The predicted molar refractivity (Wildman–Crippen MR) is 106 cm³/mol. The summed E-state index contributed by atoms with van der Waals surface area (Å²) in [5, 5.41) is 8.67. The number of aromatic amines is 1. The molecule has 1 saturated carbocycles. The molecule has 1 saturated heterocycles. The molecule has 1 N–H and O–H groups in total. The third-order valence-corrected chi connectivity index (χ3v) is 6.06. The number of fused-ring (bicyclic) bond motifs is 1. The number of nitrogens with one attached hydrogen (secondary N) is 1. The van der Waals surface area contributed by atoms with Crippen molar-refractivity contribution in [2.24, 2.45) is 11.8 Å². The summed E-state index contributed by atoms with van der Waals surface area (Å²) in [6.07, 6.45) is 3.88. The van der Waals surface area contributed by atoms with Crippen LogP contribution in [-0.2, 0) is 0 Å². The zero-order chi connectivity index (χ0) is 18.6. The van der Waals surface area contributed by atoms with E-state index in [4.69, 9.17) is 4.74 Å². The molecule has 3 heterocycles. The van der Waals surface area contributed by atoms with Crippen LogP contribution in [0.1, 0.15) is 33.6 Å². The summed E-state index contributed by atoms with van der Waals surface area (Å²) in [7, 11) is 0. The van der Waals surface area contributed by atoms with Crippen molar-refractivity contribution in [3.8, 4) is 17.1 Å². The van der Waals surface area contributed by atoms with Crippen molar-refractivity contribution in [2.45, 2.75) is 39.2 Å². The van der Waals surface area contributed by atoms with Crippen molar-refractivity contribution in [3.05, 3.63) is 30.6 Å². The van der Waals surface area contributed by atoms with Gasteiger partial charge in [-0.05, 0) is 49.8 Å². The Morgan fingerprint density at radius 2 is 1.89 bits per heavy atom. The van der Waals surface area contributed by atoms with Gasteiger partial charge in [-0.25, -0.2) is 9.97 Å². The van der Waals surface area contributed by atoms with Crippen molar-refractivity contribution in [3.63, 3.8) is 0 Å². The fourth-order valence-electron chi connectivity index (χ4n) is 3.78. The smallest absolute Gasteiger partial charge is 0.132 e. The molecule has 2 fully saturated rings. The van der Waals surface area contributed by atoms with Crippen LogP contribution < -0.4 is 9.64 Å². The Labute approximate surface area is 159 Å². The minimum Gasteiger partial charge on any atom is -0.488 e. The maximum Gasteiger partial charge on any atom is 0.132 e. The minimum atomic E-state index is 0.00278. The van der Waals surface area contributed by atoms with Gasteiger partial charge in [0.1, 0.15) is 29.2 Å². The van der Waals surface area contributed by atoms with Gasteiger partial charge in [0.05, 0.1) is 11.2 Å². The van der Waals surface area contributed by atoms with Crippen LogP contribution in [-0.4, -0.2) is 38.9 Å². The van der Waals surface area contributed by atoms with E-state index in [-0.39, 0.29) is 5.60 Å². The highest BCUT2D eigenvalue weighted by Gasteiger charge is 2.40. The van der Waals surface area contributed by atoms with Crippen LogP contribution in [0.3, 0.4) is 0 Å². The zero-order valence-corrected chi connectivity index (χ0v) is 16.1. The molecule has 1 aromatic carbocycles. The topological polar surface area (TPSA) is 66.9 Å². The molecule has 6 nitrogen and oxygen atoms in total. The molecule has 1 aliphatic carbocycles. The first-order valence-corrected chi connectivity index (χ1v) is 9.75. The van der Waals surface area contributed by atoms with Crippen LogP contribution in [0.15, 0.2) is 30.6 Å². The molecule has 2 aliphatic rings. The number of aromatic nitrogens is 4. The molecule has 0 radical (unpaired) electrons. The number of hydrogen-bond acceptors (Lipinski definition) is 5. The summed E-state index contributed by atoms with van der Waals surface area (Å²) >= 11 is 0. The Morgan fingerprint density at radius 3 is 2.63 bits per heavy atom. The zero-order valence-electron chi connectivity index (χ0n) is 16.1. The quantitative estimate of drug-likeness (QED) is 0.758. The largest absolute Gasteiger partial charge is 0.488 e. The van der Waals surface area contributed by atoms with Gasteiger partial charge in [0.2, 0.25) is 0 Å². The predicted octanol–water partition coefficient (Wildman–Crippen LogP) is 4.04. The summed E-state index contributed by atoms with van der Waals surface area (Å²) in [5.74, 6) is 3.23. The molecule has 2 unspecified atom stereocenters. The summed E-state index contributed by atoms with van der Waals surface area (Å²) in [4.78, 5) is 11.3. The fourth-order valence-corrected chi connectivity index (χ4v) is 3.78. The van der Waals surface area contributed by atoms with Crippen LogP contribution in [0.2, 0.25) is 0 Å². The summed E-state index contributed by atoms with van der Waals surface area (Å²) in [5.41, 5.74) is 2.68. The van der Waals surface area contributed by atoms with Gasteiger partial charge in [0.25, 0.3) is 0 Å². The van der Waals surface area contributed by atoms with E-state index < -0.39 is 0 Å². The highest BCUT2D eigenvalue weighted by molar-refractivity contribution is 5.93. The van der Waals surface area contributed by atoms with E-state index >= 15 is 0 Å². The van der Waals surface area contributed by atoms with Crippen LogP contribution in [0.5, 0.6) is 5.75 Å². The number of H-pyrrole nitrogens is 1. The van der Waals surface area contributed by atoms with Crippen molar-refractivity contribution < 1.29 is 4.74 Å². The maximum atomic E-state index is 6.13. The van der Waals surface area contributed by atoms with Crippen molar-refractivity contribution in [1.82, 2.24) is 20.2 Å². The Hall–Kier alpha value is -2.63. The number of benzene rings is 1. The highest BCUT2D eigenvalue weighted by atomic mass is 16.5. The summed E-state index contributed by atoms with van der Waals surface area (Å²) in [6, 6.07) is 8.15. The van der Waals surface area contributed by atoms with Crippen molar-refractivity contribution in [2.75, 3.05) is 18.0 Å². The number of ether oxygens (including phenoxy) is 1. The Balaban J connectivity index is 1.50. The lowest BCUT2D eigenvalue weighted by Crippen LogP contribution is -2.20. The second-order valence-electron chi connectivity index (χ2n) is 8.45. The number of rotatable bonds is 4. The summed E-state index contributed by atoms with van der Waals surface area (Å²) in [6.45, 7) is 8.83. The van der Waals surface area contributed by atoms with Crippen LogP contribution >= 0.6 is 0 Å². The highest BCUT2D eigenvalue weighted by Crippen LogP contribution is 2.40. The molecule has 3 aromatic rings. The van der Waals surface area contributed by atoms with E-state index in [0.29, 0.717) is 11.8 Å². The minimum absolute atomic E-state index is 0.00278. The van der Waals surface area contributed by atoms with E-state index in [2.05, 4.69) is 58.0 Å². The monoisotopic (exact) mass is 363 g/mol. The van der Waals surface area contributed by atoms with Gasteiger partial charge in [0, 0.05) is 24.5 Å². The van der Waals surface area contributed by atoms with Crippen LogP contribution in [0, 0.1) is 11.8 Å². The second-order valence-corrected chi connectivity index (χ2v) is 8.45. The van der Waals surface area contributed by atoms with E-state index in [1.165, 1.54) is 0 Å². The normalized spacial score (nSPS) is 23.7. The molecule has 6 heteroatoms. The van der Waals surface area contributed by atoms with Gasteiger partial charge in [-0.3, -0.25) is 5.10 Å². The Kier molecular flexibility index (Phi) is 3.64. The molecule has 27 heavy (non-hydrogen) atoms. The van der Waals surface area contributed by atoms with Gasteiger partial charge in [-0.1, -0.05) is 13.8 Å². The fraction of sp³-hybridized carbons (Fsp3) is 0.476. The number of anilines is 1. The molecule has 5 rings (SSSR count). The Bertz CT molecular complexity index is 983. The van der Waals surface area contributed by atoms with Gasteiger partial charge in [-0.2, -0.15) is 5.10 Å².